The minimum absolute atomic E-state index is 0.199. The second-order valence-corrected chi connectivity index (χ2v) is 7.74. The first-order chi connectivity index (χ1) is 13.8. The van der Waals surface area contributed by atoms with Crippen molar-refractivity contribution in [2.75, 3.05) is 23.3 Å². The molecule has 1 aliphatic heterocycles. The van der Waals surface area contributed by atoms with E-state index in [1.54, 1.807) is 28.2 Å². The van der Waals surface area contributed by atoms with Crippen LogP contribution in [0.15, 0.2) is 48.4 Å². The largest absolute Gasteiger partial charge is 0.368 e. The lowest BCUT2D eigenvalue weighted by Crippen LogP contribution is -2.43. The molecule has 0 bridgehead atoms. The Labute approximate surface area is 166 Å². The van der Waals surface area contributed by atoms with E-state index in [2.05, 4.69) is 25.2 Å². The Balaban J connectivity index is 1.50. The van der Waals surface area contributed by atoms with Crippen molar-refractivity contribution >= 4 is 34.2 Å². The van der Waals surface area contributed by atoms with Gasteiger partial charge in [-0.1, -0.05) is 0 Å². The molecular formula is C19H20N8S. The van der Waals surface area contributed by atoms with Crippen LogP contribution < -0.4 is 16.0 Å². The monoisotopic (exact) mass is 392 g/mol. The predicted octanol–water partition coefficient (Wildman–Crippen LogP) is 2.92. The lowest BCUT2D eigenvalue weighted by molar-refractivity contribution is 0.506. The molecule has 1 saturated heterocycles. The van der Waals surface area contributed by atoms with Gasteiger partial charge < -0.3 is 16.0 Å². The number of pyridine rings is 1. The number of thiazole rings is 1. The maximum Gasteiger partial charge on any atom is 0.229 e. The van der Waals surface area contributed by atoms with Crippen LogP contribution in [0.1, 0.15) is 12.8 Å². The van der Waals surface area contributed by atoms with Gasteiger partial charge in [0.1, 0.15) is 10.7 Å². The van der Waals surface area contributed by atoms with Crippen molar-refractivity contribution in [1.29, 1.82) is 0 Å². The normalized spacial score (nSPS) is 17.2. The zero-order valence-electron chi connectivity index (χ0n) is 15.2. The Hall–Kier alpha value is -3.04. The number of nitrogens with zero attached hydrogens (tertiary/aromatic N) is 6. The molecule has 3 N–H and O–H groups in total. The van der Waals surface area contributed by atoms with Crippen LogP contribution in [0.5, 0.6) is 0 Å². The molecule has 0 amide bonds. The maximum atomic E-state index is 6.18. The van der Waals surface area contributed by atoms with Crippen molar-refractivity contribution in [3.05, 3.63) is 48.4 Å². The van der Waals surface area contributed by atoms with Crippen molar-refractivity contribution in [3.8, 4) is 10.7 Å². The molecule has 8 nitrogen and oxygen atoms in total. The van der Waals surface area contributed by atoms with E-state index in [1.165, 1.54) is 0 Å². The molecule has 1 fully saturated rings. The topological polar surface area (TPSA) is 97.3 Å². The molecule has 0 saturated carbocycles. The number of hydrogen-bond donors (Lipinski definition) is 2. The summed E-state index contributed by atoms with van der Waals surface area (Å²) in [5.41, 5.74) is 9.88. The molecule has 0 aliphatic carbocycles. The number of rotatable bonds is 4. The number of nitrogens with one attached hydrogen (secondary N) is 1. The van der Waals surface area contributed by atoms with Crippen LogP contribution in [-0.2, 0) is 0 Å². The number of piperidine rings is 1. The highest BCUT2D eigenvalue weighted by Gasteiger charge is 2.20. The van der Waals surface area contributed by atoms with Gasteiger partial charge in [0.15, 0.2) is 0 Å². The summed E-state index contributed by atoms with van der Waals surface area (Å²) >= 11 is 1.56. The zero-order valence-corrected chi connectivity index (χ0v) is 16.0. The molecule has 0 aromatic carbocycles. The first kappa shape index (κ1) is 17.1. The second kappa shape index (κ2) is 7.17. The van der Waals surface area contributed by atoms with Gasteiger partial charge in [-0.3, -0.25) is 4.98 Å². The van der Waals surface area contributed by atoms with Gasteiger partial charge in [0, 0.05) is 36.9 Å². The van der Waals surface area contributed by atoms with E-state index < -0.39 is 0 Å². The molecule has 4 aromatic heterocycles. The van der Waals surface area contributed by atoms with Crippen molar-refractivity contribution in [2.45, 2.75) is 18.9 Å². The number of nitrogens with two attached hydrogens (primary N) is 1. The van der Waals surface area contributed by atoms with E-state index >= 15 is 0 Å². The summed E-state index contributed by atoms with van der Waals surface area (Å²) in [4.78, 5) is 15.5. The van der Waals surface area contributed by atoms with E-state index in [0.29, 0.717) is 5.95 Å². The van der Waals surface area contributed by atoms with Crippen LogP contribution in [0.25, 0.3) is 16.2 Å². The Morgan fingerprint density at radius 1 is 1.14 bits per heavy atom. The summed E-state index contributed by atoms with van der Waals surface area (Å²) in [7, 11) is 0. The van der Waals surface area contributed by atoms with Crippen molar-refractivity contribution in [1.82, 2.24) is 24.6 Å². The quantitative estimate of drug-likeness (QED) is 0.551. The summed E-state index contributed by atoms with van der Waals surface area (Å²) in [6.45, 7) is 1.83. The SMILES string of the molecule is NC1CCCN(c2ccncc2Nc2ncc3ccc(-c4nccs4)nn23)C1. The summed E-state index contributed by atoms with van der Waals surface area (Å²) in [6.07, 6.45) is 9.37. The lowest BCUT2D eigenvalue weighted by Gasteiger charge is -2.33. The summed E-state index contributed by atoms with van der Waals surface area (Å²) < 4.78 is 1.80. The van der Waals surface area contributed by atoms with Gasteiger partial charge in [-0.2, -0.15) is 9.61 Å². The Bertz CT molecular complexity index is 1090. The zero-order chi connectivity index (χ0) is 18.9. The molecule has 9 heteroatoms. The van der Waals surface area contributed by atoms with Crippen LogP contribution in [0.4, 0.5) is 17.3 Å². The number of anilines is 3. The molecule has 1 unspecified atom stereocenters. The van der Waals surface area contributed by atoms with Gasteiger partial charge >= 0.3 is 0 Å². The molecule has 28 heavy (non-hydrogen) atoms. The highest BCUT2D eigenvalue weighted by Crippen LogP contribution is 2.30. The maximum absolute atomic E-state index is 6.18. The number of aromatic nitrogens is 5. The highest BCUT2D eigenvalue weighted by molar-refractivity contribution is 7.13. The predicted molar refractivity (Wildman–Crippen MR) is 111 cm³/mol. The first-order valence-electron chi connectivity index (χ1n) is 9.24. The van der Waals surface area contributed by atoms with E-state index in [4.69, 9.17) is 10.8 Å². The van der Waals surface area contributed by atoms with Gasteiger partial charge in [-0.25, -0.2) is 9.97 Å². The Morgan fingerprint density at radius 3 is 2.96 bits per heavy atom. The minimum atomic E-state index is 0.199. The summed E-state index contributed by atoms with van der Waals surface area (Å²) in [5.74, 6) is 0.643. The molecule has 5 heterocycles. The highest BCUT2D eigenvalue weighted by atomic mass is 32.1. The van der Waals surface area contributed by atoms with Crippen LogP contribution in [0.3, 0.4) is 0 Å². The van der Waals surface area contributed by atoms with E-state index in [1.807, 2.05) is 36.0 Å². The molecule has 4 aromatic rings. The third kappa shape index (κ3) is 3.19. The fourth-order valence-corrected chi connectivity index (χ4v) is 4.14. The van der Waals surface area contributed by atoms with Crippen LogP contribution in [0.2, 0.25) is 0 Å². The summed E-state index contributed by atoms with van der Waals surface area (Å²) in [5, 5.41) is 10.9. The third-order valence-electron chi connectivity index (χ3n) is 4.88. The number of fused-ring (bicyclic) bond motifs is 1. The van der Waals surface area contributed by atoms with Gasteiger partial charge in [0.05, 0.1) is 29.3 Å². The van der Waals surface area contributed by atoms with Crippen molar-refractivity contribution in [2.24, 2.45) is 5.73 Å². The van der Waals surface area contributed by atoms with Crippen molar-refractivity contribution in [3.63, 3.8) is 0 Å². The Morgan fingerprint density at radius 2 is 2.11 bits per heavy atom. The van der Waals surface area contributed by atoms with E-state index in [-0.39, 0.29) is 6.04 Å². The van der Waals surface area contributed by atoms with Gasteiger partial charge in [0.25, 0.3) is 0 Å². The average Bonchev–Trinajstić information content (AvgIpc) is 3.39. The standard InChI is InChI=1S/C19H20N8S/c20-13-2-1-8-26(12-13)17-5-6-21-11-16(17)24-19-23-10-14-3-4-15(25-27(14)19)18-22-7-9-28-18/h3-7,9-11,13H,1-2,8,12,20H2,(H,23,24). The molecule has 0 radical (unpaired) electrons. The second-order valence-electron chi connectivity index (χ2n) is 6.84. The molecule has 0 spiro atoms. The van der Waals surface area contributed by atoms with Gasteiger partial charge in [-0.15, -0.1) is 11.3 Å². The smallest absolute Gasteiger partial charge is 0.229 e. The lowest BCUT2D eigenvalue weighted by atomic mass is 10.1. The number of hydrogen-bond acceptors (Lipinski definition) is 8. The molecule has 1 aliphatic rings. The molecule has 1 atom stereocenters. The average molecular weight is 392 g/mol. The molecule has 142 valence electrons. The summed E-state index contributed by atoms with van der Waals surface area (Å²) in [6, 6.07) is 6.18. The first-order valence-corrected chi connectivity index (χ1v) is 10.1. The van der Waals surface area contributed by atoms with E-state index in [0.717, 1.165) is 53.5 Å². The molecule has 5 rings (SSSR count). The fraction of sp³-hybridized carbons (Fsp3) is 0.263. The van der Waals surface area contributed by atoms with Crippen molar-refractivity contribution < 1.29 is 0 Å². The fourth-order valence-electron chi connectivity index (χ4n) is 3.54. The van der Waals surface area contributed by atoms with Gasteiger partial charge in [-0.05, 0) is 31.0 Å². The Kier molecular flexibility index (Phi) is 4.38. The van der Waals surface area contributed by atoms with Crippen LogP contribution in [0, 0.1) is 0 Å². The number of imidazole rings is 1. The van der Waals surface area contributed by atoms with E-state index in [9.17, 15) is 0 Å². The molecular weight excluding hydrogens is 372 g/mol. The minimum Gasteiger partial charge on any atom is -0.368 e. The van der Waals surface area contributed by atoms with Gasteiger partial charge in [0.2, 0.25) is 5.95 Å². The third-order valence-corrected chi connectivity index (χ3v) is 5.67. The van der Waals surface area contributed by atoms with Crippen LogP contribution in [-0.4, -0.2) is 43.7 Å². The van der Waals surface area contributed by atoms with Crippen LogP contribution >= 0.6 is 11.3 Å².